The summed E-state index contributed by atoms with van der Waals surface area (Å²) in [5.41, 5.74) is -3.22. The summed E-state index contributed by atoms with van der Waals surface area (Å²) in [6.45, 7) is 0. The van der Waals surface area contributed by atoms with E-state index in [1.807, 2.05) is 0 Å². The Morgan fingerprint density at radius 2 is 1.46 bits per heavy atom. The van der Waals surface area contributed by atoms with Gasteiger partial charge < -0.3 is 25.7 Å². The van der Waals surface area contributed by atoms with Gasteiger partial charge in [0, 0.05) is 7.05 Å². The lowest BCUT2D eigenvalue weighted by Crippen LogP contribution is -2.65. The van der Waals surface area contributed by atoms with Gasteiger partial charge in [-0.2, -0.15) is 0 Å². The van der Waals surface area contributed by atoms with Gasteiger partial charge in [0.05, 0.1) is 5.92 Å². The highest BCUT2D eigenvalue weighted by molar-refractivity contribution is 5.91. The van der Waals surface area contributed by atoms with Gasteiger partial charge in [-0.15, -0.1) is 0 Å². The molecule has 2 aromatic carbocycles. The molecule has 0 spiro atoms. The second-order valence-electron chi connectivity index (χ2n) is 6.72. The van der Waals surface area contributed by atoms with E-state index in [2.05, 4.69) is 5.32 Å². The summed E-state index contributed by atoms with van der Waals surface area (Å²) >= 11 is 0. The first-order chi connectivity index (χ1) is 12.3. The number of hydrogen-bond acceptors (Lipinski definition) is 5. The van der Waals surface area contributed by atoms with E-state index in [4.69, 9.17) is 0 Å². The van der Waals surface area contributed by atoms with Crippen molar-refractivity contribution in [2.75, 3.05) is 7.05 Å². The Morgan fingerprint density at radius 3 is 2.00 bits per heavy atom. The van der Waals surface area contributed by atoms with E-state index < -0.39 is 34.9 Å². The third kappa shape index (κ3) is 1.69. The third-order valence-corrected chi connectivity index (χ3v) is 5.60. The number of rotatable bonds is 2. The van der Waals surface area contributed by atoms with Gasteiger partial charge in [0.15, 0.2) is 0 Å². The summed E-state index contributed by atoms with van der Waals surface area (Å²) < 4.78 is 0. The van der Waals surface area contributed by atoms with Crippen molar-refractivity contribution in [2.45, 2.75) is 11.2 Å². The molecule has 0 radical (unpaired) electrons. The number of carboxylic acid groups (broad SMARTS) is 1. The van der Waals surface area contributed by atoms with Crippen LogP contribution in [0.1, 0.15) is 22.3 Å². The van der Waals surface area contributed by atoms with Crippen LogP contribution in [0.5, 0.6) is 5.75 Å². The molecule has 0 aliphatic heterocycles. The van der Waals surface area contributed by atoms with Gasteiger partial charge in [-0.25, -0.2) is 0 Å². The number of amides is 1. The number of aromatic hydroxyl groups is 1. The average molecular weight is 355 g/mol. The highest BCUT2D eigenvalue weighted by Crippen LogP contribution is 2.62. The molecule has 4 unspecified atom stereocenters. The summed E-state index contributed by atoms with van der Waals surface area (Å²) in [5, 5.41) is 45.5. The zero-order valence-corrected chi connectivity index (χ0v) is 13.8. The van der Waals surface area contributed by atoms with Gasteiger partial charge in [0.1, 0.15) is 22.9 Å². The molecule has 1 amide bonds. The Bertz CT molecular complexity index is 957. The number of phenolic OH excluding ortho intramolecular Hbond substituents is 1. The molecule has 7 heteroatoms. The Hall–Kier alpha value is -2.90. The number of fused-ring (bicyclic) bond motifs is 1. The highest BCUT2D eigenvalue weighted by atomic mass is 16.4. The maximum absolute atomic E-state index is 12.6. The summed E-state index contributed by atoms with van der Waals surface area (Å²) in [5.74, 6) is -5.35. The van der Waals surface area contributed by atoms with Crippen LogP contribution >= 0.6 is 0 Å². The van der Waals surface area contributed by atoms with Crippen LogP contribution in [0.4, 0.5) is 0 Å². The maximum Gasteiger partial charge on any atom is 0.311 e. The van der Waals surface area contributed by atoms with Crippen molar-refractivity contribution in [1.82, 2.24) is 5.32 Å². The first-order valence-electron chi connectivity index (χ1n) is 8.11. The van der Waals surface area contributed by atoms with Crippen LogP contribution < -0.4 is 5.32 Å². The molecule has 0 saturated heterocycles. The molecule has 0 heterocycles. The number of carboxylic acids is 1. The van der Waals surface area contributed by atoms with Crippen molar-refractivity contribution < 1.29 is 30.0 Å². The van der Waals surface area contributed by atoms with Gasteiger partial charge in [0.25, 0.3) is 0 Å². The van der Waals surface area contributed by atoms with Crippen molar-refractivity contribution in [3.8, 4) is 5.75 Å². The van der Waals surface area contributed by atoms with Crippen LogP contribution in [-0.2, 0) is 20.8 Å². The third-order valence-electron chi connectivity index (χ3n) is 5.60. The van der Waals surface area contributed by atoms with E-state index in [1.54, 1.807) is 18.2 Å². The number of aliphatic hydroxyl groups is 2. The molecule has 5 rings (SSSR count). The lowest BCUT2D eigenvalue weighted by atomic mass is 9.49. The average Bonchev–Trinajstić information content (AvgIpc) is 2.62. The number of carbonyl (C=O) groups is 2. The Morgan fingerprint density at radius 1 is 0.923 bits per heavy atom. The van der Waals surface area contributed by atoms with Gasteiger partial charge >= 0.3 is 5.97 Å². The summed E-state index contributed by atoms with van der Waals surface area (Å²) in [4.78, 5) is 24.7. The monoisotopic (exact) mass is 355 g/mol. The fraction of sp³-hybridized carbons (Fsp3) is 0.263. The molecular formula is C19H17NO6. The SMILES string of the molecule is CNC(=O)C1C(C(=O)O)C2(O)c3ccccc3C1(O)c1ccc(O)cc12. The second kappa shape index (κ2) is 5.06. The van der Waals surface area contributed by atoms with Crippen molar-refractivity contribution in [1.29, 1.82) is 0 Å². The molecule has 3 aliphatic rings. The highest BCUT2D eigenvalue weighted by Gasteiger charge is 2.69. The van der Waals surface area contributed by atoms with Gasteiger partial charge in [0.2, 0.25) is 5.91 Å². The molecule has 2 aromatic rings. The number of phenols is 1. The lowest BCUT2D eigenvalue weighted by Gasteiger charge is -2.56. The van der Waals surface area contributed by atoms with Crippen molar-refractivity contribution in [2.24, 2.45) is 11.8 Å². The standard InChI is InChI=1S/C19H17NO6/c1-20-16(22)14-15(17(23)24)19(26)11-5-3-2-4-10(11)18(14,25)12-7-6-9(21)8-13(12)19/h2-8,14-15,21,25-26H,1H3,(H,20,22)(H,23,24). The number of aliphatic carboxylic acids is 1. The van der Waals surface area contributed by atoms with Gasteiger partial charge in [-0.1, -0.05) is 30.3 Å². The van der Waals surface area contributed by atoms with Crippen LogP contribution in [-0.4, -0.2) is 39.4 Å². The van der Waals surface area contributed by atoms with E-state index >= 15 is 0 Å². The van der Waals surface area contributed by atoms with Gasteiger partial charge in [-0.05, 0) is 34.4 Å². The largest absolute Gasteiger partial charge is 0.508 e. The quantitative estimate of drug-likeness (QED) is 0.526. The zero-order chi connectivity index (χ0) is 18.9. The number of nitrogens with one attached hydrogen (secondary N) is 1. The fourth-order valence-corrected chi connectivity index (χ4v) is 4.59. The number of hydrogen-bond donors (Lipinski definition) is 5. The Labute approximate surface area is 148 Å². The minimum absolute atomic E-state index is 0.0891. The van der Waals surface area contributed by atoms with Crippen molar-refractivity contribution >= 4 is 11.9 Å². The van der Waals surface area contributed by atoms with E-state index in [0.717, 1.165) is 0 Å². The first-order valence-corrected chi connectivity index (χ1v) is 8.11. The minimum atomic E-state index is -2.07. The second-order valence-corrected chi connectivity index (χ2v) is 6.72. The van der Waals surface area contributed by atoms with Gasteiger partial charge in [-0.3, -0.25) is 9.59 Å². The molecule has 134 valence electrons. The van der Waals surface area contributed by atoms with E-state index in [0.29, 0.717) is 0 Å². The minimum Gasteiger partial charge on any atom is -0.508 e. The smallest absolute Gasteiger partial charge is 0.311 e. The topological polar surface area (TPSA) is 127 Å². The zero-order valence-electron chi connectivity index (χ0n) is 13.8. The van der Waals surface area contributed by atoms with Crippen LogP contribution in [0.25, 0.3) is 0 Å². The van der Waals surface area contributed by atoms with Crippen molar-refractivity contribution in [3.63, 3.8) is 0 Å². The number of benzene rings is 2. The molecule has 26 heavy (non-hydrogen) atoms. The first kappa shape index (κ1) is 16.6. The summed E-state index contributed by atoms with van der Waals surface area (Å²) in [6, 6.07) is 10.4. The molecule has 0 saturated carbocycles. The van der Waals surface area contributed by atoms with Crippen LogP contribution in [0.3, 0.4) is 0 Å². The van der Waals surface area contributed by atoms with E-state index in [-0.39, 0.29) is 28.0 Å². The van der Waals surface area contributed by atoms with Crippen LogP contribution in [0, 0.1) is 11.8 Å². The molecule has 2 bridgehead atoms. The Kier molecular flexibility index (Phi) is 3.22. The van der Waals surface area contributed by atoms with Crippen LogP contribution in [0.15, 0.2) is 42.5 Å². The molecule has 5 N–H and O–H groups in total. The molecule has 0 fully saturated rings. The maximum atomic E-state index is 12.6. The van der Waals surface area contributed by atoms with E-state index in [1.165, 1.54) is 31.3 Å². The summed E-state index contributed by atoms with van der Waals surface area (Å²) in [7, 11) is 1.35. The molecular weight excluding hydrogens is 338 g/mol. The number of carbonyl (C=O) groups excluding carboxylic acids is 1. The predicted octanol–water partition coefficient (Wildman–Crippen LogP) is 0.254. The predicted molar refractivity (Wildman–Crippen MR) is 89.2 cm³/mol. The fourth-order valence-electron chi connectivity index (χ4n) is 4.59. The van der Waals surface area contributed by atoms with E-state index in [9.17, 15) is 30.0 Å². The molecule has 4 atom stereocenters. The summed E-state index contributed by atoms with van der Waals surface area (Å²) in [6.07, 6.45) is 0. The molecule has 0 aromatic heterocycles. The van der Waals surface area contributed by atoms with Crippen LogP contribution in [0.2, 0.25) is 0 Å². The van der Waals surface area contributed by atoms with Crippen molar-refractivity contribution in [3.05, 3.63) is 64.7 Å². The lowest BCUT2D eigenvalue weighted by molar-refractivity contribution is -0.179. The molecule has 3 aliphatic carbocycles. The Balaban J connectivity index is 2.19. The normalized spacial score (nSPS) is 31.0. The molecule has 7 nitrogen and oxygen atoms in total.